The topological polar surface area (TPSA) is 91.7 Å². The Morgan fingerprint density at radius 2 is 1.75 bits per heavy atom. The summed E-state index contributed by atoms with van der Waals surface area (Å²) in [5.41, 5.74) is 0.279. The average molecular weight is 434 g/mol. The minimum atomic E-state index is -1.17. The van der Waals surface area contributed by atoms with Gasteiger partial charge in [0.25, 0.3) is 5.91 Å². The molecule has 1 aliphatic rings. The highest BCUT2D eigenvalue weighted by atomic mass is 16.3. The van der Waals surface area contributed by atoms with Gasteiger partial charge in [0.1, 0.15) is 23.4 Å². The first-order chi connectivity index (χ1) is 15.3. The van der Waals surface area contributed by atoms with Crippen LogP contribution in [0.4, 0.5) is 4.79 Å². The van der Waals surface area contributed by atoms with Crippen LogP contribution in [0, 0.1) is 5.92 Å². The van der Waals surface area contributed by atoms with Crippen LogP contribution in [0.15, 0.2) is 65.1 Å². The van der Waals surface area contributed by atoms with Crippen LogP contribution in [0.3, 0.4) is 0 Å². The molecule has 32 heavy (non-hydrogen) atoms. The van der Waals surface area contributed by atoms with Gasteiger partial charge in [-0.25, -0.2) is 4.79 Å². The molecule has 0 aliphatic carbocycles. The van der Waals surface area contributed by atoms with Crippen LogP contribution < -0.4 is 10.6 Å². The average Bonchev–Trinajstić information content (AvgIpc) is 3.30. The van der Waals surface area contributed by atoms with Crippen molar-refractivity contribution in [2.45, 2.75) is 38.8 Å². The van der Waals surface area contributed by atoms with Crippen LogP contribution in [0.25, 0.3) is 11.0 Å². The molecule has 4 amide bonds. The second kappa shape index (κ2) is 8.49. The highest BCUT2D eigenvalue weighted by Crippen LogP contribution is 2.35. The third kappa shape index (κ3) is 3.98. The molecule has 7 heteroatoms. The monoisotopic (exact) mass is 433 g/mol. The van der Waals surface area contributed by atoms with Crippen molar-refractivity contribution >= 4 is 28.8 Å². The fourth-order valence-electron chi connectivity index (χ4n) is 4.27. The molecule has 2 atom stereocenters. The van der Waals surface area contributed by atoms with Crippen LogP contribution >= 0.6 is 0 Å². The van der Waals surface area contributed by atoms with Crippen molar-refractivity contribution in [3.63, 3.8) is 0 Å². The van der Waals surface area contributed by atoms with Crippen molar-refractivity contribution in [2.24, 2.45) is 5.92 Å². The molecular formula is C25H27N3O4. The molecule has 1 aliphatic heterocycles. The Morgan fingerprint density at radius 1 is 1.06 bits per heavy atom. The number of carbonyl (C=O) groups is 3. The fourth-order valence-corrected chi connectivity index (χ4v) is 4.27. The lowest BCUT2D eigenvalue weighted by molar-refractivity contribution is -0.136. The Kier molecular flexibility index (Phi) is 5.74. The number of amides is 4. The van der Waals surface area contributed by atoms with E-state index in [1.165, 1.54) is 0 Å². The number of nitrogens with one attached hydrogen (secondary N) is 2. The third-order valence-corrected chi connectivity index (χ3v) is 5.71. The van der Waals surface area contributed by atoms with Gasteiger partial charge in [0.2, 0.25) is 5.91 Å². The predicted octanol–water partition coefficient (Wildman–Crippen LogP) is 4.10. The molecule has 2 heterocycles. The third-order valence-electron chi connectivity index (χ3n) is 5.71. The Hall–Kier alpha value is -3.61. The number of furan rings is 1. The molecule has 2 N–H and O–H groups in total. The number of rotatable bonds is 7. The van der Waals surface area contributed by atoms with Crippen LogP contribution in [0.5, 0.6) is 0 Å². The highest BCUT2D eigenvalue weighted by molar-refractivity contribution is 6.09. The number of benzene rings is 2. The quantitative estimate of drug-likeness (QED) is 0.549. The molecule has 1 saturated heterocycles. The van der Waals surface area contributed by atoms with Gasteiger partial charge in [0, 0.05) is 5.39 Å². The van der Waals surface area contributed by atoms with Crippen molar-refractivity contribution in [3.05, 3.63) is 72.0 Å². The molecule has 3 aromatic rings. The lowest BCUT2D eigenvalue weighted by atomic mass is 9.82. The number of para-hydroxylation sites is 1. The van der Waals surface area contributed by atoms with Crippen LogP contribution in [-0.2, 0) is 15.1 Å². The van der Waals surface area contributed by atoms with Gasteiger partial charge in [-0.05, 0) is 37.0 Å². The van der Waals surface area contributed by atoms with E-state index in [0.29, 0.717) is 17.7 Å². The molecule has 166 valence electrons. The van der Waals surface area contributed by atoms with Crippen molar-refractivity contribution in [1.29, 1.82) is 0 Å². The summed E-state index contributed by atoms with van der Waals surface area (Å²) in [6.07, 6.45) is 0.440. The van der Waals surface area contributed by atoms with Crippen molar-refractivity contribution < 1.29 is 18.8 Å². The van der Waals surface area contributed by atoms with Gasteiger partial charge < -0.3 is 15.1 Å². The summed E-state index contributed by atoms with van der Waals surface area (Å²) in [4.78, 5) is 39.9. The number of nitrogens with zero attached hydrogens (tertiary/aromatic N) is 1. The normalized spacial score (nSPS) is 19.4. The number of hydrogen-bond acceptors (Lipinski definition) is 4. The van der Waals surface area contributed by atoms with Gasteiger partial charge in [0.05, 0.1) is 6.04 Å². The molecule has 7 nitrogen and oxygen atoms in total. The van der Waals surface area contributed by atoms with E-state index in [0.717, 1.165) is 15.9 Å². The van der Waals surface area contributed by atoms with Crippen molar-refractivity contribution in [3.8, 4) is 0 Å². The van der Waals surface area contributed by atoms with Crippen molar-refractivity contribution in [1.82, 2.24) is 15.5 Å². The van der Waals surface area contributed by atoms with E-state index in [9.17, 15) is 14.4 Å². The molecule has 2 aromatic carbocycles. The second-order valence-corrected chi connectivity index (χ2v) is 8.67. The summed E-state index contributed by atoms with van der Waals surface area (Å²) in [5.74, 6) is -0.0830. The Balaban J connectivity index is 1.50. The van der Waals surface area contributed by atoms with E-state index < -0.39 is 29.4 Å². The van der Waals surface area contributed by atoms with Gasteiger partial charge in [-0.15, -0.1) is 0 Å². The lowest BCUT2D eigenvalue weighted by Crippen LogP contribution is -2.46. The maximum atomic E-state index is 13.4. The second-order valence-electron chi connectivity index (χ2n) is 8.67. The minimum absolute atomic E-state index is 0.154. The van der Waals surface area contributed by atoms with Gasteiger partial charge in [-0.3, -0.25) is 14.5 Å². The zero-order valence-electron chi connectivity index (χ0n) is 18.4. The highest BCUT2D eigenvalue weighted by Gasteiger charge is 2.52. The summed E-state index contributed by atoms with van der Waals surface area (Å²) >= 11 is 0. The zero-order chi connectivity index (χ0) is 22.9. The number of fused-ring (bicyclic) bond motifs is 1. The number of urea groups is 1. The SMILES string of the molecule is CC(C)CC1(c2ccccc2)NC(=O)N(CC(=O)NC(C)c2cc3ccccc3o2)C1=O. The van der Waals surface area contributed by atoms with Crippen LogP contribution in [0.2, 0.25) is 0 Å². The van der Waals surface area contributed by atoms with Crippen molar-refractivity contribution in [2.75, 3.05) is 6.54 Å². The first-order valence-electron chi connectivity index (χ1n) is 10.8. The van der Waals surface area contributed by atoms with Crippen LogP contribution in [-0.4, -0.2) is 29.3 Å². The Labute approximate surface area is 186 Å². The van der Waals surface area contributed by atoms with Gasteiger partial charge in [0.15, 0.2) is 0 Å². The maximum absolute atomic E-state index is 13.4. The van der Waals surface area contributed by atoms with Gasteiger partial charge >= 0.3 is 6.03 Å². The van der Waals surface area contributed by atoms with E-state index in [2.05, 4.69) is 10.6 Å². The Bertz CT molecular complexity index is 1120. The number of imide groups is 1. The molecule has 0 saturated carbocycles. The minimum Gasteiger partial charge on any atom is -0.459 e. The molecule has 1 fully saturated rings. The first kappa shape index (κ1) is 21.6. The summed E-state index contributed by atoms with van der Waals surface area (Å²) < 4.78 is 5.80. The standard InChI is InChI=1S/C25H27N3O4/c1-16(2)14-25(19-10-5-4-6-11-19)23(30)28(24(31)27-25)15-22(29)26-17(3)21-13-18-9-7-8-12-20(18)32-21/h4-13,16-17H,14-15H2,1-3H3,(H,26,29)(H,27,31). The smallest absolute Gasteiger partial charge is 0.325 e. The maximum Gasteiger partial charge on any atom is 0.325 e. The van der Waals surface area contributed by atoms with E-state index in [1.807, 2.05) is 74.5 Å². The summed E-state index contributed by atoms with van der Waals surface area (Å²) in [5, 5.41) is 6.63. The summed E-state index contributed by atoms with van der Waals surface area (Å²) in [6, 6.07) is 17.7. The number of hydrogen-bond donors (Lipinski definition) is 2. The molecule has 4 rings (SSSR count). The summed E-state index contributed by atoms with van der Waals surface area (Å²) in [7, 11) is 0. The van der Waals surface area contributed by atoms with Gasteiger partial charge in [-0.2, -0.15) is 0 Å². The number of carbonyl (C=O) groups excluding carboxylic acids is 3. The largest absolute Gasteiger partial charge is 0.459 e. The summed E-state index contributed by atoms with van der Waals surface area (Å²) in [6.45, 7) is 5.43. The van der Waals surface area contributed by atoms with E-state index >= 15 is 0 Å². The first-order valence-corrected chi connectivity index (χ1v) is 10.8. The lowest BCUT2D eigenvalue weighted by Gasteiger charge is -2.29. The molecule has 1 aromatic heterocycles. The molecule has 0 spiro atoms. The predicted molar refractivity (Wildman–Crippen MR) is 121 cm³/mol. The Morgan fingerprint density at radius 3 is 2.44 bits per heavy atom. The zero-order valence-corrected chi connectivity index (χ0v) is 18.4. The fraction of sp³-hybridized carbons (Fsp3) is 0.320. The van der Waals surface area contributed by atoms with E-state index in [1.54, 1.807) is 6.92 Å². The molecular weight excluding hydrogens is 406 g/mol. The van der Waals surface area contributed by atoms with Gasteiger partial charge in [-0.1, -0.05) is 62.4 Å². The molecule has 2 unspecified atom stereocenters. The molecule has 0 bridgehead atoms. The van der Waals surface area contributed by atoms with E-state index in [4.69, 9.17) is 4.42 Å². The van der Waals surface area contributed by atoms with E-state index in [-0.39, 0.29) is 12.5 Å². The van der Waals surface area contributed by atoms with Crippen LogP contribution in [0.1, 0.15) is 44.6 Å². The molecule has 0 radical (unpaired) electrons.